The molecule has 0 amide bonds. The van der Waals surface area contributed by atoms with Crippen LogP contribution in [-0.4, -0.2) is 9.97 Å². The van der Waals surface area contributed by atoms with Crippen molar-refractivity contribution in [3.63, 3.8) is 0 Å². The molecule has 2 aromatic rings. The SMILES string of the molecule is CCCc1nc(N)nc(N)c1-c1cccc(C)c1C. The Morgan fingerprint density at radius 1 is 1.11 bits per heavy atom. The maximum atomic E-state index is 6.07. The van der Waals surface area contributed by atoms with Crippen molar-refractivity contribution in [1.29, 1.82) is 0 Å². The number of aryl methyl sites for hydroxylation is 2. The highest BCUT2D eigenvalue weighted by atomic mass is 15.0. The first-order chi connectivity index (χ1) is 9.04. The first-order valence-electron chi connectivity index (χ1n) is 6.53. The molecule has 1 aromatic heterocycles. The van der Waals surface area contributed by atoms with Gasteiger partial charge in [-0.2, -0.15) is 4.98 Å². The third kappa shape index (κ3) is 2.52. The molecule has 0 aliphatic carbocycles. The van der Waals surface area contributed by atoms with E-state index in [1.165, 1.54) is 11.1 Å². The van der Waals surface area contributed by atoms with Crippen molar-refractivity contribution in [2.45, 2.75) is 33.6 Å². The summed E-state index contributed by atoms with van der Waals surface area (Å²) in [5.74, 6) is 0.708. The third-order valence-electron chi connectivity index (χ3n) is 3.39. The summed E-state index contributed by atoms with van der Waals surface area (Å²) in [6.07, 6.45) is 1.84. The van der Waals surface area contributed by atoms with Crippen LogP contribution in [0.15, 0.2) is 18.2 Å². The van der Waals surface area contributed by atoms with Gasteiger partial charge in [-0.05, 0) is 37.0 Å². The minimum Gasteiger partial charge on any atom is -0.383 e. The lowest BCUT2D eigenvalue weighted by Gasteiger charge is -2.14. The highest BCUT2D eigenvalue weighted by Gasteiger charge is 2.15. The van der Waals surface area contributed by atoms with E-state index in [1.54, 1.807) is 0 Å². The quantitative estimate of drug-likeness (QED) is 0.885. The predicted molar refractivity (Wildman–Crippen MR) is 79.8 cm³/mol. The zero-order valence-electron chi connectivity index (χ0n) is 11.7. The standard InChI is InChI=1S/C15H20N4/c1-4-6-12-13(14(16)19-15(17)18-12)11-8-5-7-9(2)10(11)3/h5,7-8H,4,6H2,1-3H3,(H4,16,17,18,19). The lowest BCUT2D eigenvalue weighted by atomic mass is 9.95. The van der Waals surface area contributed by atoms with Crippen LogP contribution in [0.3, 0.4) is 0 Å². The maximum absolute atomic E-state index is 6.07. The van der Waals surface area contributed by atoms with Gasteiger partial charge in [-0.15, -0.1) is 0 Å². The van der Waals surface area contributed by atoms with E-state index in [9.17, 15) is 0 Å². The molecule has 1 heterocycles. The Labute approximate surface area is 113 Å². The molecule has 0 radical (unpaired) electrons. The maximum Gasteiger partial charge on any atom is 0.222 e. The van der Waals surface area contributed by atoms with Crippen LogP contribution in [0.1, 0.15) is 30.2 Å². The molecular weight excluding hydrogens is 236 g/mol. The van der Waals surface area contributed by atoms with E-state index in [0.717, 1.165) is 29.7 Å². The number of anilines is 2. The van der Waals surface area contributed by atoms with Crippen molar-refractivity contribution in [1.82, 2.24) is 9.97 Å². The van der Waals surface area contributed by atoms with Gasteiger partial charge in [0.05, 0.1) is 5.69 Å². The summed E-state index contributed by atoms with van der Waals surface area (Å²) in [5.41, 5.74) is 17.2. The zero-order valence-corrected chi connectivity index (χ0v) is 11.7. The fourth-order valence-corrected chi connectivity index (χ4v) is 2.28. The lowest BCUT2D eigenvalue weighted by Crippen LogP contribution is -2.07. The number of benzene rings is 1. The van der Waals surface area contributed by atoms with E-state index in [4.69, 9.17) is 11.5 Å². The molecule has 4 nitrogen and oxygen atoms in total. The Hall–Kier alpha value is -2.10. The summed E-state index contributed by atoms with van der Waals surface area (Å²) < 4.78 is 0. The molecule has 1 aromatic carbocycles. The summed E-state index contributed by atoms with van der Waals surface area (Å²) in [7, 11) is 0. The summed E-state index contributed by atoms with van der Waals surface area (Å²) in [6, 6.07) is 6.18. The van der Waals surface area contributed by atoms with Crippen LogP contribution >= 0.6 is 0 Å². The van der Waals surface area contributed by atoms with Crippen molar-refractivity contribution in [2.75, 3.05) is 11.5 Å². The number of hydrogen-bond donors (Lipinski definition) is 2. The monoisotopic (exact) mass is 256 g/mol. The molecule has 0 aliphatic heterocycles. The van der Waals surface area contributed by atoms with E-state index in [0.29, 0.717) is 5.82 Å². The number of hydrogen-bond acceptors (Lipinski definition) is 4. The molecule has 0 atom stereocenters. The number of rotatable bonds is 3. The fourth-order valence-electron chi connectivity index (χ4n) is 2.28. The number of nitrogens with zero attached hydrogens (tertiary/aromatic N) is 2. The molecule has 0 unspecified atom stereocenters. The van der Waals surface area contributed by atoms with Gasteiger partial charge < -0.3 is 11.5 Å². The third-order valence-corrected chi connectivity index (χ3v) is 3.39. The smallest absolute Gasteiger partial charge is 0.222 e. The Balaban J connectivity index is 2.70. The molecule has 0 saturated carbocycles. The van der Waals surface area contributed by atoms with Gasteiger partial charge in [0, 0.05) is 5.56 Å². The topological polar surface area (TPSA) is 77.8 Å². The van der Waals surface area contributed by atoms with Gasteiger partial charge in [0.1, 0.15) is 5.82 Å². The number of nitrogens with two attached hydrogens (primary N) is 2. The van der Waals surface area contributed by atoms with Gasteiger partial charge in [-0.25, -0.2) is 4.98 Å². The first-order valence-corrected chi connectivity index (χ1v) is 6.53. The largest absolute Gasteiger partial charge is 0.383 e. The predicted octanol–water partition coefficient (Wildman–Crippen LogP) is 2.88. The second-order valence-corrected chi connectivity index (χ2v) is 4.79. The van der Waals surface area contributed by atoms with Gasteiger partial charge in [-0.3, -0.25) is 0 Å². The molecule has 0 fully saturated rings. The van der Waals surface area contributed by atoms with Crippen molar-refractivity contribution in [3.05, 3.63) is 35.0 Å². The van der Waals surface area contributed by atoms with Crippen molar-refractivity contribution in [2.24, 2.45) is 0 Å². The molecule has 19 heavy (non-hydrogen) atoms. The number of aromatic nitrogens is 2. The van der Waals surface area contributed by atoms with Crippen LogP contribution in [0, 0.1) is 13.8 Å². The van der Waals surface area contributed by atoms with Crippen LogP contribution in [-0.2, 0) is 6.42 Å². The minimum absolute atomic E-state index is 0.245. The molecule has 2 rings (SSSR count). The molecule has 0 aliphatic rings. The van der Waals surface area contributed by atoms with Crippen LogP contribution in [0.2, 0.25) is 0 Å². The van der Waals surface area contributed by atoms with E-state index in [-0.39, 0.29) is 5.95 Å². The first kappa shape index (κ1) is 13.3. The highest BCUT2D eigenvalue weighted by Crippen LogP contribution is 2.32. The van der Waals surface area contributed by atoms with Crippen LogP contribution < -0.4 is 11.5 Å². The van der Waals surface area contributed by atoms with E-state index in [2.05, 4.69) is 42.9 Å². The summed E-state index contributed by atoms with van der Waals surface area (Å²) in [4.78, 5) is 8.47. The second kappa shape index (κ2) is 5.26. The fraction of sp³-hybridized carbons (Fsp3) is 0.333. The number of nitrogen functional groups attached to an aromatic ring is 2. The van der Waals surface area contributed by atoms with Crippen molar-refractivity contribution < 1.29 is 0 Å². The van der Waals surface area contributed by atoms with Crippen molar-refractivity contribution in [3.8, 4) is 11.1 Å². The Bertz CT molecular complexity index is 605. The molecule has 4 N–H and O–H groups in total. The van der Waals surface area contributed by atoms with E-state index in [1.807, 2.05) is 6.07 Å². The Kier molecular flexibility index (Phi) is 3.69. The van der Waals surface area contributed by atoms with Gasteiger partial charge in [0.25, 0.3) is 0 Å². The Morgan fingerprint density at radius 2 is 1.84 bits per heavy atom. The van der Waals surface area contributed by atoms with Gasteiger partial charge in [0.15, 0.2) is 0 Å². The van der Waals surface area contributed by atoms with Gasteiger partial charge in [0.2, 0.25) is 5.95 Å². The molecule has 0 saturated heterocycles. The molecule has 0 spiro atoms. The van der Waals surface area contributed by atoms with Crippen LogP contribution in [0.5, 0.6) is 0 Å². The summed E-state index contributed by atoms with van der Waals surface area (Å²) in [5, 5.41) is 0. The molecule has 0 bridgehead atoms. The van der Waals surface area contributed by atoms with E-state index >= 15 is 0 Å². The lowest BCUT2D eigenvalue weighted by molar-refractivity contribution is 0.880. The van der Waals surface area contributed by atoms with Crippen LogP contribution in [0.4, 0.5) is 11.8 Å². The van der Waals surface area contributed by atoms with E-state index < -0.39 is 0 Å². The van der Waals surface area contributed by atoms with Gasteiger partial charge in [-0.1, -0.05) is 31.5 Å². The van der Waals surface area contributed by atoms with Crippen LogP contribution in [0.25, 0.3) is 11.1 Å². The molecule has 4 heteroatoms. The van der Waals surface area contributed by atoms with Gasteiger partial charge >= 0.3 is 0 Å². The average molecular weight is 256 g/mol. The Morgan fingerprint density at radius 3 is 2.53 bits per heavy atom. The normalized spacial score (nSPS) is 10.7. The zero-order chi connectivity index (χ0) is 14.0. The highest BCUT2D eigenvalue weighted by molar-refractivity contribution is 5.79. The summed E-state index contributed by atoms with van der Waals surface area (Å²) >= 11 is 0. The molecule has 100 valence electrons. The second-order valence-electron chi connectivity index (χ2n) is 4.79. The molecular formula is C15H20N4. The summed E-state index contributed by atoms with van der Waals surface area (Å²) in [6.45, 7) is 6.30. The average Bonchev–Trinajstić information content (AvgIpc) is 2.34. The minimum atomic E-state index is 0.245. The van der Waals surface area contributed by atoms with Crippen molar-refractivity contribution >= 4 is 11.8 Å².